The average molecular weight is 388 g/mol. The molecule has 0 aliphatic rings. The number of hydrogen-bond acceptors (Lipinski definition) is 5. The quantitative estimate of drug-likeness (QED) is 0.710. The fraction of sp³-hybridized carbons (Fsp3) is 0.211. The summed E-state index contributed by atoms with van der Waals surface area (Å²) in [6.45, 7) is 2.64. The molecule has 27 heavy (non-hydrogen) atoms. The van der Waals surface area contributed by atoms with Crippen LogP contribution in [-0.4, -0.2) is 34.4 Å². The Morgan fingerprint density at radius 2 is 1.67 bits per heavy atom. The summed E-state index contributed by atoms with van der Waals surface area (Å²) in [4.78, 5) is 35.7. The molecule has 0 aliphatic carbocycles. The summed E-state index contributed by atoms with van der Waals surface area (Å²) in [5, 5.41) is 5.19. The highest BCUT2D eigenvalue weighted by Gasteiger charge is 2.17. The first kappa shape index (κ1) is 20.3. The van der Waals surface area contributed by atoms with Crippen LogP contribution in [0.2, 0.25) is 0 Å². The molecule has 2 N–H and O–H groups in total. The molecule has 1 atom stereocenters. The zero-order chi connectivity index (χ0) is 19.8. The number of rotatable bonds is 7. The monoisotopic (exact) mass is 388 g/mol. The second-order valence-electron chi connectivity index (χ2n) is 5.52. The van der Waals surface area contributed by atoms with Gasteiger partial charge in [0.1, 0.15) is 0 Å². The summed E-state index contributed by atoms with van der Waals surface area (Å²) in [5.74, 6) is -1.10. The van der Waals surface area contributed by atoms with Crippen LogP contribution in [-0.2, 0) is 25.1 Å². The van der Waals surface area contributed by atoms with E-state index in [1.807, 2.05) is 0 Å². The zero-order valence-electron chi connectivity index (χ0n) is 15.0. The maximum absolute atomic E-state index is 12.2. The van der Waals surface area contributed by atoms with E-state index in [0.29, 0.717) is 22.0 Å². The molecule has 0 saturated heterocycles. The Hall–Kier alpha value is -3.00. The van der Waals surface area contributed by atoms with Gasteiger partial charge in [0.15, 0.2) is 6.61 Å². The molecular formula is C19H20N2O5S. The van der Waals surface area contributed by atoms with Gasteiger partial charge in [-0.1, -0.05) is 25.1 Å². The van der Waals surface area contributed by atoms with Gasteiger partial charge in [0.25, 0.3) is 5.91 Å². The van der Waals surface area contributed by atoms with Crippen molar-refractivity contribution in [3.05, 3.63) is 54.1 Å². The fourth-order valence-corrected chi connectivity index (χ4v) is 3.21. The number of carbonyl (C=O) groups is 3. The van der Waals surface area contributed by atoms with Crippen molar-refractivity contribution in [2.75, 3.05) is 23.0 Å². The van der Waals surface area contributed by atoms with E-state index in [2.05, 4.69) is 10.6 Å². The normalized spacial score (nSPS) is 11.3. The number of ether oxygens (including phenoxy) is 1. The van der Waals surface area contributed by atoms with E-state index in [0.717, 1.165) is 0 Å². The Morgan fingerprint density at radius 3 is 2.33 bits per heavy atom. The van der Waals surface area contributed by atoms with Gasteiger partial charge < -0.3 is 15.4 Å². The number of esters is 1. The molecule has 0 aliphatic heterocycles. The molecule has 0 saturated carbocycles. The van der Waals surface area contributed by atoms with Gasteiger partial charge >= 0.3 is 5.97 Å². The zero-order valence-corrected chi connectivity index (χ0v) is 15.8. The van der Waals surface area contributed by atoms with Crippen LogP contribution in [0, 0.1) is 0 Å². The van der Waals surface area contributed by atoms with Gasteiger partial charge in [-0.2, -0.15) is 0 Å². The second-order valence-corrected chi connectivity index (χ2v) is 7.22. The highest BCUT2D eigenvalue weighted by Crippen LogP contribution is 2.16. The second kappa shape index (κ2) is 9.63. The third-order valence-corrected chi connectivity index (χ3v) is 4.79. The molecule has 0 radical (unpaired) electrons. The lowest BCUT2D eigenvalue weighted by molar-refractivity contribution is -0.119. The van der Waals surface area contributed by atoms with Crippen molar-refractivity contribution < 1.29 is 23.3 Å². The summed E-state index contributed by atoms with van der Waals surface area (Å²) in [6, 6.07) is 13.0. The molecule has 2 rings (SSSR count). The van der Waals surface area contributed by atoms with Crippen molar-refractivity contribution in [1.82, 2.24) is 0 Å². The lowest BCUT2D eigenvalue weighted by atomic mass is 10.2. The summed E-state index contributed by atoms with van der Waals surface area (Å²) in [5.41, 5.74) is 1.17. The average Bonchev–Trinajstić information content (AvgIpc) is 2.65. The third-order valence-electron chi connectivity index (χ3n) is 3.42. The van der Waals surface area contributed by atoms with Crippen molar-refractivity contribution in [3.8, 4) is 0 Å². The van der Waals surface area contributed by atoms with Gasteiger partial charge in [-0.25, -0.2) is 4.79 Å². The van der Waals surface area contributed by atoms with Gasteiger partial charge in [-0.05, 0) is 30.3 Å². The Balaban J connectivity index is 1.97. The number of hydrogen-bond donors (Lipinski definition) is 2. The molecule has 2 aromatic rings. The standard InChI is InChI=1S/C19H20N2O5S/c1-3-27(25)17-10-5-4-9-16(17)19(24)26-12-18(23)21-15-8-6-7-14(11-15)20-13(2)22/h4-11H,3,12H2,1-2H3,(H,20,22)(H,21,23)/t27-/m1/s1. The molecular weight excluding hydrogens is 368 g/mol. The maximum atomic E-state index is 12.2. The number of anilines is 2. The summed E-state index contributed by atoms with van der Waals surface area (Å²) < 4.78 is 17.1. The Kier molecular flexibility index (Phi) is 7.25. The van der Waals surface area contributed by atoms with Crippen LogP contribution in [0.25, 0.3) is 0 Å². The summed E-state index contributed by atoms with van der Waals surface area (Å²) in [7, 11) is -1.31. The summed E-state index contributed by atoms with van der Waals surface area (Å²) >= 11 is 0. The van der Waals surface area contributed by atoms with Gasteiger partial charge in [0.2, 0.25) is 5.91 Å². The minimum atomic E-state index is -1.31. The third kappa shape index (κ3) is 6.03. The fourth-order valence-electron chi connectivity index (χ4n) is 2.27. The maximum Gasteiger partial charge on any atom is 0.339 e. The van der Waals surface area contributed by atoms with E-state index in [1.165, 1.54) is 13.0 Å². The van der Waals surface area contributed by atoms with E-state index < -0.39 is 29.3 Å². The largest absolute Gasteiger partial charge is 0.452 e. The lowest BCUT2D eigenvalue weighted by Gasteiger charge is -2.10. The van der Waals surface area contributed by atoms with Crippen LogP contribution in [0.1, 0.15) is 24.2 Å². The van der Waals surface area contributed by atoms with Crippen molar-refractivity contribution in [1.29, 1.82) is 0 Å². The number of benzene rings is 2. The van der Waals surface area contributed by atoms with E-state index in [-0.39, 0.29) is 11.5 Å². The van der Waals surface area contributed by atoms with Crippen LogP contribution >= 0.6 is 0 Å². The van der Waals surface area contributed by atoms with Crippen LogP contribution in [0.5, 0.6) is 0 Å². The van der Waals surface area contributed by atoms with E-state index in [9.17, 15) is 18.6 Å². The smallest absolute Gasteiger partial charge is 0.339 e. The molecule has 142 valence electrons. The topological polar surface area (TPSA) is 102 Å². The molecule has 2 amide bonds. The molecule has 0 unspecified atom stereocenters. The van der Waals surface area contributed by atoms with Gasteiger partial charge in [0.05, 0.1) is 21.3 Å². The van der Waals surface area contributed by atoms with Crippen LogP contribution in [0.4, 0.5) is 11.4 Å². The van der Waals surface area contributed by atoms with E-state index >= 15 is 0 Å². The van der Waals surface area contributed by atoms with Crippen molar-refractivity contribution in [3.63, 3.8) is 0 Å². The van der Waals surface area contributed by atoms with Crippen LogP contribution in [0.15, 0.2) is 53.4 Å². The first-order chi connectivity index (χ1) is 12.9. The first-order valence-electron chi connectivity index (χ1n) is 8.22. The van der Waals surface area contributed by atoms with Crippen molar-refractivity contribution in [2.24, 2.45) is 0 Å². The van der Waals surface area contributed by atoms with Gasteiger partial charge in [-0.15, -0.1) is 0 Å². The highest BCUT2D eigenvalue weighted by atomic mass is 32.2. The van der Waals surface area contributed by atoms with Crippen LogP contribution in [0.3, 0.4) is 0 Å². The first-order valence-corrected chi connectivity index (χ1v) is 9.54. The predicted octanol–water partition coefficient (Wildman–Crippen LogP) is 2.57. The van der Waals surface area contributed by atoms with Crippen LogP contribution < -0.4 is 10.6 Å². The van der Waals surface area contributed by atoms with E-state index in [1.54, 1.807) is 49.4 Å². The lowest BCUT2D eigenvalue weighted by Crippen LogP contribution is -2.21. The number of amides is 2. The summed E-state index contributed by atoms with van der Waals surface area (Å²) in [6.07, 6.45) is 0. The highest BCUT2D eigenvalue weighted by molar-refractivity contribution is 7.85. The van der Waals surface area contributed by atoms with Crippen molar-refractivity contribution >= 4 is 40.0 Å². The molecule has 0 fully saturated rings. The minimum Gasteiger partial charge on any atom is -0.452 e. The number of carbonyl (C=O) groups excluding carboxylic acids is 3. The molecule has 0 aromatic heterocycles. The Morgan fingerprint density at radius 1 is 1.00 bits per heavy atom. The molecule has 8 heteroatoms. The van der Waals surface area contributed by atoms with Crippen molar-refractivity contribution in [2.45, 2.75) is 18.7 Å². The molecule has 7 nitrogen and oxygen atoms in total. The predicted molar refractivity (Wildman–Crippen MR) is 103 cm³/mol. The molecule has 0 heterocycles. The van der Waals surface area contributed by atoms with Gasteiger partial charge in [-0.3, -0.25) is 13.8 Å². The Labute approximate surface area is 159 Å². The molecule has 0 spiro atoms. The molecule has 0 bridgehead atoms. The Bertz CT molecular complexity index is 882. The SMILES string of the molecule is CC[S@@](=O)c1ccccc1C(=O)OCC(=O)Nc1cccc(NC(C)=O)c1. The minimum absolute atomic E-state index is 0.179. The number of nitrogens with one attached hydrogen (secondary N) is 2. The van der Waals surface area contributed by atoms with Gasteiger partial charge in [0, 0.05) is 24.1 Å². The molecule has 2 aromatic carbocycles. The van der Waals surface area contributed by atoms with E-state index in [4.69, 9.17) is 4.74 Å².